The lowest BCUT2D eigenvalue weighted by Crippen LogP contribution is -2.32. The molecule has 1 aliphatic heterocycles. The number of aromatic nitrogens is 1. The van der Waals surface area contributed by atoms with Crippen LogP contribution < -0.4 is 4.74 Å². The van der Waals surface area contributed by atoms with Crippen molar-refractivity contribution in [2.24, 2.45) is 0 Å². The van der Waals surface area contributed by atoms with Gasteiger partial charge in [0.15, 0.2) is 5.78 Å². The van der Waals surface area contributed by atoms with Crippen LogP contribution in [-0.4, -0.2) is 48.6 Å². The van der Waals surface area contributed by atoms with Crippen molar-refractivity contribution < 1.29 is 14.3 Å². The Kier molecular flexibility index (Phi) is 8.51. The van der Waals surface area contributed by atoms with E-state index in [1.54, 1.807) is 14.0 Å². The molecule has 1 aliphatic carbocycles. The van der Waals surface area contributed by atoms with Gasteiger partial charge < -0.3 is 9.47 Å². The quantitative estimate of drug-likeness (QED) is 0.446. The second kappa shape index (κ2) is 11.8. The maximum atomic E-state index is 12.5. The van der Waals surface area contributed by atoms with Crippen LogP contribution in [0.1, 0.15) is 74.0 Å². The number of ether oxygens (including phenoxy) is 2. The van der Waals surface area contributed by atoms with E-state index in [1.807, 2.05) is 24.3 Å². The summed E-state index contributed by atoms with van der Waals surface area (Å²) in [7, 11) is 1.66. The molecule has 1 aromatic carbocycles. The number of nitrogens with zero attached hydrogens (tertiary/aromatic N) is 2. The second-order valence-corrected chi connectivity index (χ2v) is 9.46. The monoisotopic (exact) mass is 450 g/mol. The molecule has 33 heavy (non-hydrogen) atoms. The Hall–Kier alpha value is -2.24. The first kappa shape index (κ1) is 23.9. The predicted octanol–water partition coefficient (Wildman–Crippen LogP) is 5.10. The van der Waals surface area contributed by atoms with Crippen LogP contribution in [-0.2, 0) is 28.8 Å². The number of fused-ring (bicyclic) bond motifs is 1. The smallest absolute Gasteiger partial charge is 0.151 e. The summed E-state index contributed by atoms with van der Waals surface area (Å²) in [6.07, 6.45) is 10.6. The van der Waals surface area contributed by atoms with E-state index >= 15 is 0 Å². The zero-order valence-electron chi connectivity index (χ0n) is 20.2. The fourth-order valence-electron chi connectivity index (χ4n) is 5.29. The molecule has 0 N–H and O–H groups in total. The Morgan fingerprint density at radius 1 is 1.12 bits per heavy atom. The first-order valence-corrected chi connectivity index (χ1v) is 12.6. The van der Waals surface area contributed by atoms with Gasteiger partial charge in [0.05, 0.1) is 19.3 Å². The third-order valence-electron chi connectivity index (χ3n) is 7.03. The van der Waals surface area contributed by atoms with E-state index in [4.69, 9.17) is 14.5 Å². The van der Waals surface area contributed by atoms with Crippen molar-refractivity contribution in [1.29, 1.82) is 0 Å². The normalized spacial score (nSPS) is 19.3. The molecule has 0 saturated carbocycles. The van der Waals surface area contributed by atoms with E-state index in [2.05, 4.69) is 17.0 Å². The average Bonchev–Trinajstić information content (AvgIpc) is 3.29. The Bertz CT molecular complexity index is 929. The summed E-state index contributed by atoms with van der Waals surface area (Å²) in [5.74, 6) is 0.923. The fourth-order valence-corrected chi connectivity index (χ4v) is 5.29. The van der Waals surface area contributed by atoms with Crippen LogP contribution in [0.15, 0.2) is 36.4 Å². The zero-order chi connectivity index (χ0) is 23.0. The van der Waals surface area contributed by atoms with Gasteiger partial charge in [0.25, 0.3) is 0 Å². The van der Waals surface area contributed by atoms with E-state index in [9.17, 15) is 4.79 Å². The van der Waals surface area contributed by atoms with E-state index in [1.165, 1.54) is 36.2 Å². The number of para-hydroxylation sites is 1. The number of methoxy groups -OCH3 is 1. The fraction of sp³-hybridized carbons (Fsp3) is 0.571. The highest BCUT2D eigenvalue weighted by Crippen LogP contribution is 2.33. The topological polar surface area (TPSA) is 51.7 Å². The van der Waals surface area contributed by atoms with Gasteiger partial charge >= 0.3 is 0 Å². The molecule has 0 radical (unpaired) electrons. The largest absolute Gasteiger partial charge is 0.496 e. The molecule has 0 amide bonds. The van der Waals surface area contributed by atoms with Crippen molar-refractivity contribution in [2.75, 3.05) is 26.8 Å². The lowest BCUT2D eigenvalue weighted by Gasteiger charge is -2.27. The van der Waals surface area contributed by atoms with Gasteiger partial charge in [0.2, 0.25) is 0 Å². The minimum Gasteiger partial charge on any atom is -0.496 e. The Labute approximate surface area is 198 Å². The van der Waals surface area contributed by atoms with E-state index < -0.39 is 0 Å². The molecule has 0 spiro atoms. The van der Waals surface area contributed by atoms with Gasteiger partial charge in [-0.1, -0.05) is 30.7 Å². The molecule has 5 heteroatoms. The first-order chi connectivity index (χ1) is 16.2. The van der Waals surface area contributed by atoms with Gasteiger partial charge in [0.1, 0.15) is 5.75 Å². The van der Waals surface area contributed by atoms with Crippen molar-refractivity contribution in [3.8, 4) is 5.75 Å². The summed E-state index contributed by atoms with van der Waals surface area (Å²) in [6.45, 7) is 4.12. The number of likely N-dealkylation sites (tertiary alicyclic amines) is 1. The van der Waals surface area contributed by atoms with Crippen molar-refractivity contribution in [3.63, 3.8) is 0 Å². The molecule has 178 valence electrons. The van der Waals surface area contributed by atoms with Crippen LogP contribution in [0.25, 0.3) is 0 Å². The van der Waals surface area contributed by atoms with Crippen molar-refractivity contribution in [3.05, 3.63) is 58.9 Å². The van der Waals surface area contributed by atoms with Crippen LogP contribution in [0.2, 0.25) is 0 Å². The zero-order valence-corrected chi connectivity index (χ0v) is 20.2. The summed E-state index contributed by atoms with van der Waals surface area (Å²) in [4.78, 5) is 19.6. The number of carbonyl (C=O) groups is 1. The van der Waals surface area contributed by atoms with Crippen LogP contribution in [0.4, 0.5) is 0 Å². The number of hydrogen-bond donors (Lipinski definition) is 0. The number of benzene rings is 1. The Morgan fingerprint density at radius 3 is 2.82 bits per heavy atom. The minimum absolute atomic E-state index is 0.149. The van der Waals surface area contributed by atoms with E-state index in [0.29, 0.717) is 0 Å². The van der Waals surface area contributed by atoms with Gasteiger partial charge in [0, 0.05) is 36.6 Å². The molecule has 0 bridgehead atoms. The number of aryl methyl sites for hydroxylation is 3. The molecule has 1 saturated heterocycles. The van der Waals surface area contributed by atoms with Crippen molar-refractivity contribution >= 4 is 5.78 Å². The Balaban J connectivity index is 1.18. The highest BCUT2D eigenvalue weighted by atomic mass is 16.5. The van der Waals surface area contributed by atoms with Gasteiger partial charge in [-0.2, -0.15) is 0 Å². The summed E-state index contributed by atoms with van der Waals surface area (Å²) in [5.41, 5.74) is 4.99. The van der Waals surface area contributed by atoms with Crippen LogP contribution in [0.5, 0.6) is 5.75 Å². The lowest BCUT2D eigenvalue weighted by molar-refractivity contribution is -0.122. The average molecular weight is 451 g/mol. The summed E-state index contributed by atoms with van der Waals surface area (Å²) in [5, 5.41) is 0. The standard InChI is InChI=1S/C28H38N2O3/c1-21(31)28(25-12-6-8-14-27(25)32-2)30-18-17-24(20-30)33-19-9-3-4-11-23-16-15-22-10-5-7-13-26(22)29-23/h6,8,12,14-16,24,28H,3-5,7,9-11,13,17-20H2,1-2H3/t24-,28+/m1/s1. The number of carbonyl (C=O) groups excluding carboxylic acids is 1. The minimum atomic E-state index is -0.265. The van der Waals surface area contributed by atoms with Crippen LogP contribution in [0.3, 0.4) is 0 Å². The number of pyridine rings is 1. The second-order valence-electron chi connectivity index (χ2n) is 9.46. The molecule has 2 aromatic rings. The molecule has 0 unspecified atom stereocenters. The van der Waals surface area contributed by atoms with Gasteiger partial charge in [-0.15, -0.1) is 0 Å². The number of rotatable bonds is 11. The molecule has 2 atom stereocenters. The van der Waals surface area contributed by atoms with E-state index in [0.717, 1.165) is 69.5 Å². The molecule has 2 heterocycles. The maximum Gasteiger partial charge on any atom is 0.151 e. The molecular weight excluding hydrogens is 412 g/mol. The van der Waals surface area contributed by atoms with Crippen molar-refractivity contribution in [1.82, 2.24) is 9.88 Å². The number of hydrogen-bond acceptors (Lipinski definition) is 5. The summed E-state index contributed by atoms with van der Waals surface area (Å²) in [6, 6.07) is 12.1. The van der Waals surface area contributed by atoms with E-state index in [-0.39, 0.29) is 17.9 Å². The maximum absolute atomic E-state index is 12.5. The van der Waals surface area contributed by atoms with Gasteiger partial charge in [-0.05, 0) is 76.0 Å². The molecular formula is C28H38N2O3. The SMILES string of the molecule is COc1ccccc1[C@H](C(C)=O)N1CC[C@@H](OCCCCCc2ccc3c(n2)CCCC3)C1. The summed E-state index contributed by atoms with van der Waals surface area (Å²) >= 11 is 0. The number of ketones is 1. The third-order valence-corrected chi connectivity index (χ3v) is 7.03. The lowest BCUT2D eigenvalue weighted by atomic mass is 9.95. The van der Waals surface area contributed by atoms with Crippen LogP contribution in [0, 0.1) is 0 Å². The highest BCUT2D eigenvalue weighted by Gasteiger charge is 2.33. The predicted molar refractivity (Wildman–Crippen MR) is 131 cm³/mol. The Morgan fingerprint density at radius 2 is 1.97 bits per heavy atom. The molecule has 2 aliphatic rings. The van der Waals surface area contributed by atoms with Crippen LogP contribution >= 0.6 is 0 Å². The number of unbranched alkanes of at least 4 members (excludes halogenated alkanes) is 2. The molecule has 4 rings (SSSR count). The number of Topliss-reactive ketones (excluding diaryl/α,β-unsaturated/α-hetero) is 1. The van der Waals surface area contributed by atoms with Crippen molar-refractivity contribution in [2.45, 2.75) is 76.9 Å². The van der Waals surface area contributed by atoms with Gasteiger partial charge in [-0.3, -0.25) is 14.7 Å². The first-order valence-electron chi connectivity index (χ1n) is 12.6. The molecule has 1 aromatic heterocycles. The van der Waals surface area contributed by atoms with Gasteiger partial charge in [-0.25, -0.2) is 0 Å². The third kappa shape index (κ3) is 6.21. The highest BCUT2D eigenvalue weighted by molar-refractivity contribution is 5.83. The molecule has 5 nitrogen and oxygen atoms in total. The summed E-state index contributed by atoms with van der Waals surface area (Å²) < 4.78 is 11.7. The molecule has 1 fully saturated rings.